The minimum absolute atomic E-state index is 0.334. The summed E-state index contributed by atoms with van der Waals surface area (Å²) in [5.74, 6) is 0.596. The first-order valence-corrected chi connectivity index (χ1v) is 5.29. The first-order chi connectivity index (χ1) is 6.34. The maximum Gasteiger partial charge on any atom is 0.0509 e. The monoisotopic (exact) mass is 183 g/mol. The van der Waals surface area contributed by atoms with E-state index in [1.165, 1.54) is 19.3 Å². The molecule has 0 aromatic rings. The molecule has 13 heavy (non-hydrogen) atoms. The molecule has 2 heteroatoms. The fraction of sp³-hybridized carbons (Fsp3) is 0.818. The van der Waals surface area contributed by atoms with Gasteiger partial charge in [0, 0.05) is 12.6 Å². The molecule has 1 saturated heterocycles. The number of ether oxygens (including phenoxy) is 1. The van der Waals surface area contributed by atoms with Gasteiger partial charge in [0.2, 0.25) is 0 Å². The number of hydrogen-bond donors (Lipinski definition) is 1. The van der Waals surface area contributed by atoms with Crippen LogP contribution in [0.3, 0.4) is 0 Å². The Balaban J connectivity index is 2.13. The molecule has 76 valence electrons. The zero-order valence-corrected chi connectivity index (χ0v) is 8.37. The van der Waals surface area contributed by atoms with Crippen molar-refractivity contribution in [1.29, 1.82) is 0 Å². The highest BCUT2D eigenvalue weighted by molar-refractivity contribution is 4.76. The lowest BCUT2D eigenvalue weighted by atomic mass is 9.91. The molecule has 2 atom stereocenters. The molecule has 2 N–H and O–H groups in total. The van der Waals surface area contributed by atoms with Crippen molar-refractivity contribution in [3.8, 4) is 0 Å². The lowest BCUT2D eigenvalue weighted by Crippen LogP contribution is -2.35. The predicted octanol–water partition coefficient (Wildman–Crippen LogP) is 2.10. The Labute approximate surface area is 81.1 Å². The quantitative estimate of drug-likeness (QED) is 0.523. The second-order valence-corrected chi connectivity index (χ2v) is 3.86. The van der Waals surface area contributed by atoms with E-state index < -0.39 is 0 Å². The second-order valence-electron chi connectivity index (χ2n) is 3.86. The summed E-state index contributed by atoms with van der Waals surface area (Å²) in [4.78, 5) is 0. The van der Waals surface area contributed by atoms with Crippen LogP contribution in [0.25, 0.3) is 0 Å². The fourth-order valence-corrected chi connectivity index (χ4v) is 1.84. The van der Waals surface area contributed by atoms with Gasteiger partial charge < -0.3 is 10.5 Å². The van der Waals surface area contributed by atoms with Crippen LogP contribution in [0.1, 0.15) is 32.1 Å². The molecule has 2 unspecified atom stereocenters. The maximum atomic E-state index is 6.07. The molecule has 0 spiro atoms. The zero-order chi connectivity index (χ0) is 9.52. The molecule has 1 rings (SSSR count). The van der Waals surface area contributed by atoms with E-state index >= 15 is 0 Å². The summed E-state index contributed by atoms with van der Waals surface area (Å²) in [7, 11) is 0. The third-order valence-electron chi connectivity index (χ3n) is 2.75. The van der Waals surface area contributed by atoms with E-state index in [4.69, 9.17) is 10.5 Å². The molecule has 0 amide bonds. The van der Waals surface area contributed by atoms with E-state index in [0.29, 0.717) is 12.0 Å². The minimum Gasteiger partial charge on any atom is -0.381 e. The molecule has 1 fully saturated rings. The summed E-state index contributed by atoms with van der Waals surface area (Å²) in [6.07, 6.45) is 7.75. The molecule has 0 radical (unpaired) electrons. The van der Waals surface area contributed by atoms with E-state index in [2.05, 4.69) is 6.58 Å². The van der Waals surface area contributed by atoms with Crippen LogP contribution in [0, 0.1) is 5.92 Å². The second kappa shape index (κ2) is 6.17. The predicted molar refractivity (Wildman–Crippen MR) is 55.6 cm³/mol. The molecular weight excluding hydrogens is 162 g/mol. The lowest BCUT2D eigenvalue weighted by molar-refractivity contribution is 0.0436. The van der Waals surface area contributed by atoms with Gasteiger partial charge in [-0.05, 0) is 38.0 Å². The first kappa shape index (κ1) is 10.7. The Morgan fingerprint density at radius 1 is 1.62 bits per heavy atom. The van der Waals surface area contributed by atoms with Gasteiger partial charge in [-0.3, -0.25) is 0 Å². The van der Waals surface area contributed by atoms with E-state index in [0.717, 1.165) is 26.1 Å². The van der Waals surface area contributed by atoms with Crippen molar-refractivity contribution in [2.24, 2.45) is 11.7 Å². The molecule has 1 heterocycles. The molecule has 0 bridgehead atoms. The van der Waals surface area contributed by atoms with Crippen molar-refractivity contribution < 1.29 is 4.74 Å². The van der Waals surface area contributed by atoms with Crippen LogP contribution in [-0.2, 0) is 4.74 Å². The van der Waals surface area contributed by atoms with Crippen LogP contribution in [0.15, 0.2) is 12.7 Å². The molecule has 0 aliphatic carbocycles. The third-order valence-corrected chi connectivity index (χ3v) is 2.75. The molecular formula is C11H21NO. The van der Waals surface area contributed by atoms with Crippen LogP contribution in [0.4, 0.5) is 0 Å². The highest BCUT2D eigenvalue weighted by Gasteiger charge is 2.20. The van der Waals surface area contributed by atoms with E-state index in [-0.39, 0.29) is 0 Å². The maximum absolute atomic E-state index is 6.07. The van der Waals surface area contributed by atoms with E-state index in [1.807, 2.05) is 6.08 Å². The number of allylic oxidation sites excluding steroid dienone is 1. The van der Waals surface area contributed by atoms with Crippen molar-refractivity contribution in [2.45, 2.75) is 38.1 Å². The van der Waals surface area contributed by atoms with Crippen LogP contribution in [0.5, 0.6) is 0 Å². The Morgan fingerprint density at radius 3 is 3.08 bits per heavy atom. The standard InChI is InChI=1S/C11H21NO/c1-2-3-4-7-11(12)10-6-5-8-13-9-10/h2,10-11H,1,3-9,12H2. The van der Waals surface area contributed by atoms with Crippen molar-refractivity contribution in [3.05, 3.63) is 12.7 Å². The summed E-state index contributed by atoms with van der Waals surface area (Å²) in [6, 6.07) is 0.334. The largest absolute Gasteiger partial charge is 0.381 e. The number of rotatable bonds is 5. The van der Waals surface area contributed by atoms with Crippen LogP contribution < -0.4 is 5.73 Å². The van der Waals surface area contributed by atoms with Crippen molar-refractivity contribution in [1.82, 2.24) is 0 Å². The average molecular weight is 183 g/mol. The number of nitrogens with two attached hydrogens (primary N) is 1. The van der Waals surface area contributed by atoms with Gasteiger partial charge in [0.05, 0.1) is 6.61 Å². The summed E-state index contributed by atoms with van der Waals surface area (Å²) in [5, 5.41) is 0. The molecule has 2 nitrogen and oxygen atoms in total. The van der Waals surface area contributed by atoms with Crippen LogP contribution >= 0.6 is 0 Å². The Hall–Kier alpha value is -0.340. The number of unbranched alkanes of at least 4 members (excludes halogenated alkanes) is 1. The summed E-state index contributed by atoms with van der Waals surface area (Å²) in [5.41, 5.74) is 6.07. The Kier molecular flexibility index (Phi) is 5.09. The van der Waals surface area contributed by atoms with Gasteiger partial charge in [-0.15, -0.1) is 6.58 Å². The Bertz CT molecular complexity index is 141. The molecule has 1 aliphatic rings. The fourth-order valence-electron chi connectivity index (χ4n) is 1.84. The van der Waals surface area contributed by atoms with Gasteiger partial charge in [-0.25, -0.2) is 0 Å². The minimum atomic E-state index is 0.334. The summed E-state index contributed by atoms with van der Waals surface area (Å²) in [6.45, 7) is 5.50. The van der Waals surface area contributed by atoms with Crippen LogP contribution in [-0.4, -0.2) is 19.3 Å². The van der Waals surface area contributed by atoms with Crippen LogP contribution in [0.2, 0.25) is 0 Å². The SMILES string of the molecule is C=CCCCC(N)C1CCCOC1. The van der Waals surface area contributed by atoms with Gasteiger partial charge >= 0.3 is 0 Å². The van der Waals surface area contributed by atoms with E-state index in [9.17, 15) is 0 Å². The zero-order valence-electron chi connectivity index (χ0n) is 8.37. The first-order valence-electron chi connectivity index (χ1n) is 5.29. The van der Waals surface area contributed by atoms with Gasteiger partial charge in [-0.1, -0.05) is 6.08 Å². The van der Waals surface area contributed by atoms with Crippen molar-refractivity contribution in [2.75, 3.05) is 13.2 Å². The van der Waals surface area contributed by atoms with Gasteiger partial charge in [0.25, 0.3) is 0 Å². The third kappa shape index (κ3) is 3.92. The molecule has 1 aliphatic heterocycles. The van der Waals surface area contributed by atoms with Crippen molar-refractivity contribution in [3.63, 3.8) is 0 Å². The smallest absolute Gasteiger partial charge is 0.0509 e. The Morgan fingerprint density at radius 2 is 2.46 bits per heavy atom. The molecule has 0 aromatic heterocycles. The van der Waals surface area contributed by atoms with E-state index in [1.54, 1.807) is 0 Å². The molecule has 0 aromatic carbocycles. The number of hydrogen-bond acceptors (Lipinski definition) is 2. The van der Waals surface area contributed by atoms with Gasteiger partial charge in [-0.2, -0.15) is 0 Å². The summed E-state index contributed by atoms with van der Waals surface area (Å²) < 4.78 is 5.41. The lowest BCUT2D eigenvalue weighted by Gasteiger charge is -2.27. The normalized spacial score (nSPS) is 25.5. The van der Waals surface area contributed by atoms with Gasteiger partial charge in [0.15, 0.2) is 0 Å². The molecule has 0 saturated carbocycles. The highest BCUT2D eigenvalue weighted by atomic mass is 16.5. The topological polar surface area (TPSA) is 35.2 Å². The highest BCUT2D eigenvalue weighted by Crippen LogP contribution is 2.19. The van der Waals surface area contributed by atoms with Crippen molar-refractivity contribution >= 4 is 0 Å². The summed E-state index contributed by atoms with van der Waals surface area (Å²) >= 11 is 0. The van der Waals surface area contributed by atoms with Gasteiger partial charge in [0.1, 0.15) is 0 Å². The average Bonchev–Trinajstić information content (AvgIpc) is 2.19.